The molecule has 0 saturated heterocycles. The maximum absolute atomic E-state index is 12.4. The number of carbonyl (C=O) groups excluding carboxylic acids is 1. The summed E-state index contributed by atoms with van der Waals surface area (Å²) in [6.07, 6.45) is 0. The van der Waals surface area contributed by atoms with E-state index in [1.54, 1.807) is 37.3 Å². The van der Waals surface area contributed by atoms with Crippen molar-refractivity contribution < 1.29 is 13.2 Å². The van der Waals surface area contributed by atoms with Crippen LogP contribution >= 0.6 is 23.2 Å². The van der Waals surface area contributed by atoms with Crippen LogP contribution in [0.1, 0.15) is 15.9 Å². The van der Waals surface area contributed by atoms with Gasteiger partial charge in [-0.15, -0.1) is 0 Å². The Morgan fingerprint density at radius 2 is 1.57 bits per heavy atom. The number of halogens is 2. The average Bonchev–Trinajstić information content (AvgIpc) is 2.37. The first kappa shape index (κ1) is 16.0. The minimum absolute atomic E-state index is 0.0140. The average molecular weight is 343 g/mol. The maximum Gasteiger partial charge on any atom is 0.188 e. The topological polar surface area (TPSA) is 51.2 Å². The highest BCUT2D eigenvalue weighted by Gasteiger charge is 2.25. The van der Waals surface area contributed by atoms with Crippen molar-refractivity contribution in [2.45, 2.75) is 11.8 Å². The fourth-order valence-electron chi connectivity index (χ4n) is 1.99. The summed E-state index contributed by atoms with van der Waals surface area (Å²) < 4.78 is 24.8. The van der Waals surface area contributed by atoms with E-state index < -0.39 is 21.4 Å². The monoisotopic (exact) mass is 342 g/mol. The summed E-state index contributed by atoms with van der Waals surface area (Å²) >= 11 is 11.8. The van der Waals surface area contributed by atoms with E-state index in [1.165, 1.54) is 12.1 Å². The molecule has 0 N–H and O–H groups in total. The normalized spacial score (nSPS) is 11.4. The molecule has 21 heavy (non-hydrogen) atoms. The van der Waals surface area contributed by atoms with Gasteiger partial charge in [0.2, 0.25) is 0 Å². The zero-order valence-electron chi connectivity index (χ0n) is 11.1. The second-order valence-electron chi connectivity index (χ2n) is 4.55. The molecule has 0 spiro atoms. The Labute approximate surface area is 133 Å². The van der Waals surface area contributed by atoms with Crippen LogP contribution in [0.2, 0.25) is 10.0 Å². The first-order valence-corrected chi connectivity index (χ1v) is 8.49. The number of carbonyl (C=O) groups is 1. The molecule has 0 unspecified atom stereocenters. The van der Waals surface area contributed by atoms with Crippen LogP contribution in [0.5, 0.6) is 0 Å². The standard InChI is InChI=1S/C15H12Cl2O3S/c1-10-5-2-3-6-11(10)14(18)9-21(19,20)15-12(16)7-4-8-13(15)17/h2-8H,9H2,1H3. The van der Waals surface area contributed by atoms with E-state index in [9.17, 15) is 13.2 Å². The van der Waals surface area contributed by atoms with Crippen LogP contribution in [0, 0.1) is 6.92 Å². The van der Waals surface area contributed by atoms with Crippen LogP contribution in [0.4, 0.5) is 0 Å². The zero-order valence-corrected chi connectivity index (χ0v) is 13.5. The largest absolute Gasteiger partial charge is 0.293 e. The van der Waals surface area contributed by atoms with Crippen LogP contribution in [0.15, 0.2) is 47.4 Å². The lowest BCUT2D eigenvalue weighted by Gasteiger charge is -2.09. The number of hydrogen-bond donors (Lipinski definition) is 0. The van der Waals surface area contributed by atoms with E-state index in [4.69, 9.17) is 23.2 Å². The van der Waals surface area contributed by atoms with Crippen LogP contribution < -0.4 is 0 Å². The van der Waals surface area contributed by atoms with E-state index >= 15 is 0 Å². The fraction of sp³-hybridized carbons (Fsp3) is 0.133. The van der Waals surface area contributed by atoms with Crippen LogP contribution in [0.3, 0.4) is 0 Å². The summed E-state index contributed by atoms with van der Waals surface area (Å²) in [5.74, 6) is -1.15. The smallest absolute Gasteiger partial charge is 0.188 e. The van der Waals surface area contributed by atoms with Crippen molar-refractivity contribution in [2.75, 3.05) is 5.75 Å². The lowest BCUT2D eigenvalue weighted by atomic mass is 10.1. The number of aryl methyl sites for hydroxylation is 1. The minimum atomic E-state index is -3.90. The van der Waals surface area contributed by atoms with Crippen LogP contribution in [-0.4, -0.2) is 20.0 Å². The molecule has 2 aromatic rings. The van der Waals surface area contributed by atoms with Gasteiger partial charge < -0.3 is 0 Å². The highest BCUT2D eigenvalue weighted by molar-refractivity contribution is 7.92. The molecule has 0 fully saturated rings. The first-order valence-electron chi connectivity index (χ1n) is 6.08. The molecule has 0 radical (unpaired) electrons. The Morgan fingerprint density at radius 1 is 1.00 bits per heavy atom. The Morgan fingerprint density at radius 3 is 2.14 bits per heavy atom. The molecule has 110 valence electrons. The van der Waals surface area contributed by atoms with E-state index in [0.29, 0.717) is 5.56 Å². The molecule has 2 rings (SSSR count). The molecule has 0 amide bonds. The van der Waals surface area contributed by atoms with E-state index in [2.05, 4.69) is 0 Å². The molecule has 0 aliphatic carbocycles. The van der Waals surface area contributed by atoms with E-state index in [0.717, 1.165) is 5.56 Å². The number of rotatable bonds is 4. The van der Waals surface area contributed by atoms with Crippen molar-refractivity contribution in [1.82, 2.24) is 0 Å². The molecular formula is C15H12Cl2O3S. The van der Waals surface area contributed by atoms with Gasteiger partial charge in [-0.05, 0) is 24.6 Å². The van der Waals surface area contributed by atoms with Gasteiger partial charge in [0.15, 0.2) is 15.6 Å². The molecule has 0 aliphatic heterocycles. The summed E-state index contributed by atoms with van der Waals surface area (Å²) in [6.45, 7) is 1.75. The highest BCUT2D eigenvalue weighted by Crippen LogP contribution is 2.30. The lowest BCUT2D eigenvalue weighted by Crippen LogP contribution is -2.18. The molecule has 0 saturated carbocycles. The van der Waals surface area contributed by atoms with Gasteiger partial charge in [-0.3, -0.25) is 4.79 Å². The third-order valence-corrected chi connectivity index (χ3v) is 5.55. The molecule has 0 aliphatic rings. The molecular weight excluding hydrogens is 331 g/mol. The minimum Gasteiger partial charge on any atom is -0.293 e. The third-order valence-electron chi connectivity index (χ3n) is 3.00. The van der Waals surface area contributed by atoms with Crippen molar-refractivity contribution >= 4 is 38.8 Å². The first-order chi connectivity index (χ1) is 9.83. The quantitative estimate of drug-likeness (QED) is 0.790. The van der Waals surface area contributed by atoms with Gasteiger partial charge in [0.1, 0.15) is 10.6 Å². The summed E-state index contributed by atoms with van der Waals surface area (Å²) in [5.41, 5.74) is 1.10. The Bertz CT molecular complexity index is 778. The molecule has 0 heterocycles. The number of Topliss-reactive ketones (excluding diaryl/α,β-unsaturated/α-hetero) is 1. The Balaban J connectivity index is 2.39. The predicted octanol–water partition coefficient (Wildman–Crippen LogP) is 3.96. The Kier molecular flexibility index (Phi) is 4.71. The van der Waals surface area contributed by atoms with Crippen LogP contribution in [0.25, 0.3) is 0 Å². The molecule has 6 heteroatoms. The summed E-state index contributed by atoms with van der Waals surface area (Å²) in [6, 6.07) is 11.2. The second kappa shape index (κ2) is 6.18. The van der Waals surface area contributed by atoms with Gasteiger partial charge >= 0.3 is 0 Å². The van der Waals surface area contributed by atoms with Gasteiger partial charge in [-0.25, -0.2) is 8.42 Å². The van der Waals surface area contributed by atoms with Crippen molar-refractivity contribution in [1.29, 1.82) is 0 Å². The Hall–Kier alpha value is -1.36. The van der Waals surface area contributed by atoms with Crippen molar-refractivity contribution in [3.63, 3.8) is 0 Å². The lowest BCUT2D eigenvalue weighted by molar-refractivity contribution is 0.102. The second-order valence-corrected chi connectivity index (χ2v) is 7.29. The summed E-state index contributed by atoms with van der Waals surface area (Å²) in [5, 5.41) is 0.0279. The van der Waals surface area contributed by atoms with Crippen molar-refractivity contribution in [3.8, 4) is 0 Å². The number of sulfone groups is 1. The molecule has 0 atom stereocenters. The van der Waals surface area contributed by atoms with Gasteiger partial charge in [0.05, 0.1) is 10.0 Å². The van der Waals surface area contributed by atoms with Gasteiger partial charge in [0, 0.05) is 5.56 Å². The molecule has 3 nitrogen and oxygen atoms in total. The van der Waals surface area contributed by atoms with E-state index in [-0.39, 0.29) is 14.9 Å². The zero-order chi connectivity index (χ0) is 15.6. The SMILES string of the molecule is Cc1ccccc1C(=O)CS(=O)(=O)c1c(Cl)cccc1Cl. The summed E-state index contributed by atoms with van der Waals surface area (Å²) in [7, 11) is -3.90. The van der Waals surface area contributed by atoms with Crippen molar-refractivity contribution in [3.05, 3.63) is 63.6 Å². The maximum atomic E-state index is 12.4. The summed E-state index contributed by atoms with van der Waals surface area (Å²) in [4.78, 5) is 12.0. The number of benzene rings is 2. The van der Waals surface area contributed by atoms with E-state index in [1.807, 2.05) is 0 Å². The molecule has 0 aromatic heterocycles. The van der Waals surface area contributed by atoms with Gasteiger partial charge in [-0.1, -0.05) is 53.5 Å². The number of hydrogen-bond acceptors (Lipinski definition) is 3. The highest BCUT2D eigenvalue weighted by atomic mass is 35.5. The third kappa shape index (κ3) is 3.46. The van der Waals surface area contributed by atoms with Gasteiger partial charge in [-0.2, -0.15) is 0 Å². The fourth-order valence-corrected chi connectivity index (χ4v) is 4.47. The van der Waals surface area contributed by atoms with Crippen molar-refractivity contribution in [2.24, 2.45) is 0 Å². The molecule has 2 aromatic carbocycles. The van der Waals surface area contributed by atoms with Crippen LogP contribution in [-0.2, 0) is 9.84 Å². The predicted molar refractivity (Wildman–Crippen MR) is 84.0 cm³/mol. The number of ketones is 1. The van der Waals surface area contributed by atoms with Gasteiger partial charge in [0.25, 0.3) is 0 Å². The molecule has 0 bridgehead atoms.